The maximum absolute atomic E-state index is 13.6. The highest BCUT2D eigenvalue weighted by atomic mass is 32.2. The first-order chi connectivity index (χ1) is 21.0. The first-order valence-corrected chi connectivity index (χ1v) is 16.0. The molecule has 0 radical (unpaired) electrons. The predicted molar refractivity (Wildman–Crippen MR) is 161 cm³/mol. The van der Waals surface area contributed by atoms with Crippen molar-refractivity contribution in [2.45, 2.75) is 114 Å². The summed E-state index contributed by atoms with van der Waals surface area (Å²) in [6.45, 7) is 8.77. The second kappa shape index (κ2) is 14.9. The molecule has 9 atom stereocenters. The second-order valence-corrected chi connectivity index (χ2v) is 13.2. The Morgan fingerprint density at radius 3 is 1.69 bits per heavy atom. The van der Waals surface area contributed by atoms with Crippen molar-refractivity contribution in [3.8, 4) is 0 Å². The van der Waals surface area contributed by atoms with Crippen LogP contribution in [0, 0.1) is 0 Å². The molecule has 3 aliphatic rings. The van der Waals surface area contributed by atoms with E-state index in [-0.39, 0.29) is 23.1 Å². The van der Waals surface area contributed by atoms with Gasteiger partial charge in [-0.2, -0.15) is 11.8 Å². The van der Waals surface area contributed by atoms with E-state index in [0.717, 1.165) is 0 Å². The van der Waals surface area contributed by atoms with E-state index in [0.29, 0.717) is 31.6 Å². The average molecular weight is 654 g/mol. The molecule has 0 aromatic heterocycles. The third-order valence-electron chi connectivity index (χ3n) is 8.27. The summed E-state index contributed by atoms with van der Waals surface area (Å²) in [5.41, 5.74) is 0. The van der Waals surface area contributed by atoms with Gasteiger partial charge in [0.15, 0.2) is 0 Å². The number of carbonyl (C=O) groups excluding carboxylic acids is 7. The summed E-state index contributed by atoms with van der Waals surface area (Å²) in [6.07, 6.45) is 1.59. The van der Waals surface area contributed by atoms with Crippen LogP contribution in [0.5, 0.6) is 0 Å². The van der Waals surface area contributed by atoms with Gasteiger partial charge < -0.3 is 41.5 Å². The number of carboxylic acids is 1. The minimum Gasteiger partial charge on any atom is -0.480 e. The van der Waals surface area contributed by atoms with Gasteiger partial charge >= 0.3 is 5.97 Å². The molecule has 16 nitrogen and oxygen atoms in total. The molecule has 0 spiro atoms. The number of aliphatic carboxylic acids is 1. The molecular formula is C28H43N7O9S. The summed E-state index contributed by atoms with van der Waals surface area (Å²) in [7, 11) is 0. The molecule has 7 amide bonds. The molecule has 0 aromatic rings. The molecular weight excluding hydrogens is 610 g/mol. The number of rotatable bonds is 11. The first-order valence-electron chi connectivity index (χ1n) is 15.0. The maximum Gasteiger partial charge on any atom is 0.325 e. The Morgan fingerprint density at radius 2 is 1.22 bits per heavy atom. The summed E-state index contributed by atoms with van der Waals surface area (Å²) >= 11 is 1.71. The van der Waals surface area contributed by atoms with Gasteiger partial charge in [0.1, 0.15) is 42.3 Å². The number of carboxylic acid groups (broad SMARTS) is 1. The number of amides is 7. The highest BCUT2D eigenvalue weighted by Crippen LogP contribution is 2.38. The molecule has 3 aliphatic heterocycles. The molecule has 6 N–H and O–H groups in total. The lowest BCUT2D eigenvalue weighted by atomic mass is 10.1. The molecule has 3 fully saturated rings. The minimum atomic E-state index is -1.24. The van der Waals surface area contributed by atoms with E-state index in [1.807, 2.05) is 0 Å². The summed E-state index contributed by atoms with van der Waals surface area (Å²) in [5, 5.41) is 21.3. The smallest absolute Gasteiger partial charge is 0.325 e. The highest BCUT2D eigenvalue weighted by Gasteiger charge is 2.49. The van der Waals surface area contributed by atoms with Crippen molar-refractivity contribution >= 4 is 59.1 Å². The number of carbonyl (C=O) groups is 8. The van der Waals surface area contributed by atoms with Crippen LogP contribution in [0.2, 0.25) is 0 Å². The van der Waals surface area contributed by atoms with E-state index in [4.69, 9.17) is 5.11 Å². The normalized spacial score (nSPS) is 25.7. The van der Waals surface area contributed by atoms with Gasteiger partial charge in [-0.25, -0.2) is 0 Å². The van der Waals surface area contributed by atoms with Crippen molar-refractivity contribution in [2.75, 3.05) is 12.3 Å². The van der Waals surface area contributed by atoms with Crippen LogP contribution in [-0.4, -0.2) is 128 Å². The van der Waals surface area contributed by atoms with Crippen LogP contribution in [0.15, 0.2) is 0 Å². The first kappa shape index (κ1) is 35.6. The van der Waals surface area contributed by atoms with Gasteiger partial charge in [-0.3, -0.25) is 38.4 Å². The van der Waals surface area contributed by atoms with E-state index < -0.39 is 77.8 Å². The summed E-state index contributed by atoms with van der Waals surface area (Å²) in [5.74, 6) is -4.30. The summed E-state index contributed by atoms with van der Waals surface area (Å²) in [6, 6.07) is -7.03. The fraction of sp³-hybridized carbons (Fsp3) is 0.714. The Labute approximate surface area is 265 Å². The highest BCUT2D eigenvalue weighted by molar-refractivity contribution is 8.00. The molecule has 250 valence electrons. The molecule has 45 heavy (non-hydrogen) atoms. The number of hydrogen-bond acceptors (Lipinski definition) is 9. The zero-order chi connectivity index (χ0) is 33.7. The Bertz CT molecular complexity index is 1230. The van der Waals surface area contributed by atoms with Crippen LogP contribution >= 0.6 is 11.8 Å². The van der Waals surface area contributed by atoms with E-state index in [1.54, 1.807) is 21.6 Å². The van der Waals surface area contributed by atoms with Crippen molar-refractivity contribution in [3.05, 3.63) is 0 Å². The Morgan fingerprint density at radius 1 is 0.756 bits per heavy atom. The topological polar surface area (TPSA) is 223 Å². The number of nitrogens with zero attached hydrogens (tertiary/aromatic N) is 2. The van der Waals surface area contributed by atoms with Crippen molar-refractivity contribution in [1.82, 2.24) is 36.4 Å². The maximum atomic E-state index is 13.6. The number of hydrogen-bond donors (Lipinski definition) is 6. The largest absolute Gasteiger partial charge is 0.480 e. The van der Waals surface area contributed by atoms with Crippen LogP contribution in [0.4, 0.5) is 0 Å². The van der Waals surface area contributed by atoms with E-state index in [1.165, 1.54) is 41.5 Å². The molecule has 0 aromatic carbocycles. The van der Waals surface area contributed by atoms with Crippen molar-refractivity contribution in [2.24, 2.45) is 0 Å². The molecule has 3 rings (SSSR count). The lowest BCUT2D eigenvalue weighted by Crippen LogP contribution is -2.59. The number of thioether (sulfide) groups is 1. The van der Waals surface area contributed by atoms with Gasteiger partial charge in [0, 0.05) is 30.5 Å². The lowest BCUT2D eigenvalue weighted by Gasteiger charge is -2.35. The van der Waals surface area contributed by atoms with Crippen LogP contribution in [-0.2, 0) is 38.4 Å². The third kappa shape index (κ3) is 8.64. The van der Waals surface area contributed by atoms with Gasteiger partial charge in [-0.1, -0.05) is 0 Å². The standard InChI is InChI=1S/C28H43N7O9S/c1-12(23(38)31-14(3)25(40)33-16(5)28(43)44)29-22(37)13(2)30-24(39)15(4)32-26(41)20-8-7-18-11-45-19-9-21(27(42)35(18)20)34(10-19)17(6)36/h12-16,18-21H,7-11H2,1-6H3,(H,29,37)(H,30,39)(H,31,38)(H,32,41)(H,33,40)(H,43,44)/t12-,13-,14-,15-,16-,18-,19-,20-,21-/m0/s1. The fourth-order valence-electron chi connectivity index (χ4n) is 5.54. The van der Waals surface area contributed by atoms with Crippen LogP contribution in [0.3, 0.4) is 0 Å². The minimum absolute atomic E-state index is 0.145. The predicted octanol–water partition coefficient (Wildman–Crippen LogP) is -2.31. The average Bonchev–Trinajstić information content (AvgIpc) is 3.60. The summed E-state index contributed by atoms with van der Waals surface area (Å²) in [4.78, 5) is 103. The van der Waals surface area contributed by atoms with E-state index in [2.05, 4.69) is 26.6 Å². The van der Waals surface area contributed by atoms with Gasteiger partial charge in [-0.15, -0.1) is 0 Å². The molecule has 3 heterocycles. The van der Waals surface area contributed by atoms with E-state index in [9.17, 15) is 38.4 Å². The number of fused-ring (bicyclic) bond motifs is 3. The number of nitrogens with one attached hydrogen (secondary N) is 5. The van der Waals surface area contributed by atoms with Crippen molar-refractivity contribution < 1.29 is 43.5 Å². The molecule has 0 aliphatic carbocycles. The molecule has 0 unspecified atom stereocenters. The zero-order valence-corrected chi connectivity index (χ0v) is 27.1. The van der Waals surface area contributed by atoms with Crippen LogP contribution in [0.25, 0.3) is 0 Å². The monoisotopic (exact) mass is 653 g/mol. The van der Waals surface area contributed by atoms with Crippen molar-refractivity contribution in [1.29, 1.82) is 0 Å². The zero-order valence-electron chi connectivity index (χ0n) is 26.2. The molecule has 2 bridgehead atoms. The van der Waals surface area contributed by atoms with Crippen LogP contribution < -0.4 is 26.6 Å². The fourth-order valence-corrected chi connectivity index (χ4v) is 6.95. The Balaban J connectivity index is 1.50. The van der Waals surface area contributed by atoms with E-state index >= 15 is 0 Å². The Kier molecular flexibility index (Phi) is 11.8. The van der Waals surface area contributed by atoms with Gasteiger partial charge in [0.2, 0.25) is 41.4 Å². The van der Waals surface area contributed by atoms with Gasteiger partial charge in [0.25, 0.3) is 0 Å². The lowest BCUT2D eigenvalue weighted by molar-refractivity contribution is -0.147. The van der Waals surface area contributed by atoms with Crippen molar-refractivity contribution in [3.63, 3.8) is 0 Å². The third-order valence-corrected chi connectivity index (χ3v) is 9.66. The van der Waals surface area contributed by atoms with Gasteiger partial charge in [-0.05, 0) is 53.9 Å². The molecule has 17 heteroatoms. The molecule has 3 saturated heterocycles. The Hall–Kier alpha value is -3.89. The second-order valence-electron chi connectivity index (χ2n) is 11.9. The summed E-state index contributed by atoms with van der Waals surface area (Å²) < 4.78 is 0. The number of likely N-dealkylation sites (tertiary alicyclic amines) is 1. The van der Waals surface area contributed by atoms with Crippen LogP contribution in [0.1, 0.15) is 60.8 Å². The molecule has 0 saturated carbocycles. The van der Waals surface area contributed by atoms with Gasteiger partial charge in [0.05, 0.1) is 0 Å². The SMILES string of the molecule is CC(=O)N1C[C@@H]2C[C@H]1C(=O)N1[C@@H](CC[C@H]1C(=O)N[C@@H](C)C(=O)N[C@@H](C)C(=O)N[C@@H](C)C(=O)N[C@@H](C)C(=O)N[C@@H](C)C(=O)O)CS2. The quantitative estimate of drug-likeness (QED) is 0.140.